The quantitative estimate of drug-likeness (QED) is 0.761. The van der Waals surface area contributed by atoms with Gasteiger partial charge in [0, 0.05) is 32.7 Å². The minimum atomic E-state index is -0.539. The van der Waals surface area contributed by atoms with Crippen molar-refractivity contribution in [2.75, 3.05) is 33.8 Å². The molecule has 0 aromatic rings. The van der Waals surface area contributed by atoms with Gasteiger partial charge in [-0.15, -0.1) is 0 Å². The van der Waals surface area contributed by atoms with Crippen molar-refractivity contribution in [3.05, 3.63) is 0 Å². The second kappa shape index (κ2) is 6.75. The maximum Gasteiger partial charge on any atom is 0.328 e. The summed E-state index contributed by atoms with van der Waals surface area (Å²) in [5, 5.41) is 3.29. The smallest absolute Gasteiger partial charge is 0.328 e. The lowest BCUT2D eigenvalue weighted by Gasteiger charge is -2.37. The Morgan fingerprint density at radius 2 is 2.05 bits per heavy atom. The van der Waals surface area contributed by atoms with Gasteiger partial charge in [0.2, 0.25) is 0 Å². The van der Waals surface area contributed by atoms with Crippen molar-refractivity contribution in [3.63, 3.8) is 0 Å². The van der Waals surface area contributed by atoms with Crippen LogP contribution in [0.25, 0.3) is 0 Å². The molecule has 0 aromatic heterocycles. The van der Waals surface area contributed by atoms with Gasteiger partial charge in [-0.25, -0.2) is 9.59 Å². The highest BCUT2D eigenvalue weighted by atomic mass is 16.5. The van der Waals surface area contributed by atoms with Crippen LogP contribution in [-0.2, 0) is 9.53 Å². The number of nitrogens with zero attached hydrogens (tertiary/aromatic N) is 2. The summed E-state index contributed by atoms with van der Waals surface area (Å²) in [6.07, 6.45) is 0. The Kier molecular flexibility index (Phi) is 5.60. The topological polar surface area (TPSA) is 61.9 Å². The molecule has 6 nitrogen and oxygen atoms in total. The molecule has 1 fully saturated rings. The zero-order valence-electron chi connectivity index (χ0n) is 12.5. The van der Waals surface area contributed by atoms with E-state index in [1.54, 1.807) is 11.9 Å². The van der Waals surface area contributed by atoms with Gasteiger partial charge in [-0.1, -0.05) is 13.8 Å². The third kappa shape index (κ3) is 3.83. The number of esters is 1. The number of ether oxygens (including phenoxy) is 1. The summed E-state index contributed by atoms with van der Waals surface area (Å²) in [7, 11) is 3.01. The molecule has 1 N–H and O–H groups in total. The third-order valence-electron chi connectivity index (χ3n) is 3.43. The summed E-state index contributed by atoms with van der Waals surface area (Å²) in [6, 6.07) is -0.373. The molecule has 19 heavy (non-hydrogen) atoms. The molecule has 1 aliphatic heterocycles. The van der Waals surface area contributed by atoms with E-state index in [1.807, 2.05) is 20.8 Å². The van der Waals surface area contributed by atoms with Crippen LogP contribution < -0.4 is 5.32 Å². The van der Waals surface area contributed by atoms with Crippen LogP contribution in [0, 0.1) is 5.92 Å². The Balaban J connectivity index is 2.75. The third-order valence-corrected chi connectivity index (χ3v) is 3.43. The number of hydrogen-bond acceptors (Lipinski definition) is 4. The van der Waals surface area contributed by atoms with Crippen molar-refractivity contribution in [1.82, 2.24) is 15.1 Å². The first-order chi connectivity index (χ1) is 8.88. The van der Waals surface area contributed by atoms with E-state index in [0.29, 0.717) is 13.1 Å². The number of urea groups is 1. The highest BCUT2D eigenvalue weighted by Crippen LogP contribution is 2.14. The number of carbonyl (C=O) groups is 2. The molecule has 110 valence electrons. The van der Waals surface area contributed by atoms with E-state index in [4.69, 9.17) is 4.74 Å². The maximum absolute atomic E-state index is 12.4. The number of carbonyl (C=O) groups excluding carboxylic acids is 2. The number of nitrogens with one attached hydrogen (secondary N) is 1. The summed E-state index contributed by atoms with van der Waals surface area (Å²) in [6.45, 7) is 7.97. The average molecular weight is 271 g/mol. The minimum absolute atomic E-state index is 0.0155. The predicted octanol–water partition coefficient (Wildman–Crippen LogP) is 0.530. The lowest BCUT2D eigenvalue weighted by atomic mass is 10.0. The molecular weight excluding hydrogens is 246 g/mol. The second-order valence-corrected chi connectivity index (χ2v) is 5.41. The molecule has 0 aliphatic carbocycles. The summed E-state index contributed by atoms with van der Waals surface area (Å²) in [4.78, 5) is 27.5. The lowest BCUT2D eigenvalue weighted by molar-refractivity contribution is -0.147. The number of rotatable bonds is 3. The summed E-state index contributed by atoms with van der Waals surface area (Å²) in [5.41, 5.74) is 0. The Morgan fingerprint density at radius 1 is 1.42 bits per heavy atom. The molecule has 1 rings (SSSR count). The Hall–Kier alpha value is -1.30. The van der Waals surface area contributed by atoms with E-state index in [9.17, 15) is 9.59 Å². The fourth-order valence-corrected chi connectivity index (χ4v) is 2.45. The second-order valence-electron chi connectivity index (χ2n) is 5.41. The van der Waals surface area contributed by atoms with Crippen molar-refractivity contribution < 1.29 is 14.3 Å². The van der Waals surface area contributed by atoms with Gasteiger partial charge in [0.15, 0.2) is 0 Å². The molecule has 1 saturated heterocycles. The van der Waals surface area contributed by atoms with Crippen LogP contribution >= 0.6 is 0 Å². The van der Waals surface area contributed by atoms with Gasteiger partial charge in [0.1, 0.15) is 6.04 Å². The molecule has 1 heterocycles. The highest BCUT2D eigenvalue weighted by molar-refractivity contribution is 5.83. The van der Waals surface area contributed by atoms with Gasteiger partial charge >= 0.3 is 12.0 Å². The van der Waals surface area contributed by atoms with Gasteiger partial charge in [-0.3, -0.25) is 0 Å². The molecule has 0 radical (unpaired) electrons. The number of likely N-dealkylation sites (N-methyl/N-ethyl adjacent to an activating group) is 1. The van der Waals surface area contributed by atoms with Crippen LogP contribution in [0.4, 0.5) is 4.79 Å². The fraction of sp³-hybridized carbons (Fsp3) is 0.846. The van der Waals surface area contributed by atoms with E-state index < -0.39 is 6.04 Å². The van der Waals surface area contributed by atoms with Crippen LogP contribution in [0.15, 0.2) is 0 Å². The van der Waals surface area contributed by atoms with E-state index >= 15 is 0 Å². The van der Waals surface area contributed by atoms with Crippen LogP contribution in [0.3, 0.4) is 0 Å². The Bertz CT molecular complexity index is 333. The van der Waals surface area contributed by atoms with Crippen LogP contribution in [-0.4, -0.2) is 67.7 Å². The van der Waals surface area contributed by atoms with Crippen LogP contribution in [0.2, 0.25) is 0 Å². The fourth-order valence-electron chi connectivity index (χ4n) is 2.45. The molecule has 0 bridgehead atoms. The lowest BCUT2D eigenvalue weighted by Crippen LogP contribution is -2.57. The van der Waals surface area contributed by atoms with Crippen molar-refractivity contribution in [3.8, 4) is 0 Å². The van der Waals surface area contributed by atoms with Crippen molar-refractivity contribution >= 4 is 12.0 Å². The van der Waals surface area contributed by atoms with Gasteiger partial charge in [-0.2, -0.15) is 0 Å². The van der Waals surface area contributed by atoms with Crippen molar-refractivity contribution in [2.24, 2.45) is 5.92 Å². The molecule has 0 spiro atoms. The van der Waals surface area contributed by atoms with Gasteiger partial charge in [0.05, 0.1) is 7.11 Å². The van der Waals surface area contributed by atoms with E-state index in [-0.39, 0.29) is 24.0 Å². The summed E-state index contributed by atoms with van der Waals surface area (Å²) in [5.74, 6) is -0.351. The summed E-state index contributed by atoms with van der Waals surface area (Å²) < 4.78 is 4.79. The zero-order chi connectivity index (χ0) is 14.6. The van der Waals surface area contributed by atoms with Crippen LogP contribution in [0.5, 0.6) is 0 Å². The Labute approximate surface area is 115 Å². The number of methoxy groups -OCH3 is 1. The van der Waals surface area contributed by atoms with Crippen molar-refractivity contribution in [1.29, 1.82) is 0 Å². The largest absolute Gasteiger partial charge is 0.467 e. The summed E-state index contributed by atoms with van der Waals surface area (Å²) >= 11 is 0. The number of piperazine rings is 1. The first-order valence-corrected chi connectivity index (χ1v) is 6.71. The van der Waals surface area contributed by atoms with Gasteiger partial charge in [-0.05, 0) is 12.8 Å². The standard InChI is InChI=1S/C13H25N3O3/c1-9(2)11(12(17)19-5)15(4)13(18)16-7-6-14-10(3)8-16/h9-11,14H,6-8H2,1-5H3/t10-,11+/m1/s1. The predicted molar refractivity (Wildman–Crippen MR) is 72.8 cm³/mol. The Morgan fingerprint density at radius 3 is 2.53 bits per heavy atom. The average Bonchev–Trinajstić information content (AvgIpc) is 2.37. The molecule has 2 atom stereocenters. The first kappa shape index (κ1) is 15.8. The molecule has 0 aromatic carbocycles. The highest BCUT2D eigenvalue weighted by Gasteiger charge is 2.33. The molecule has 2 amide bonds. The molecule has 0 saturated carbocycles. The number of amides is 2. The number of hydrogen-bond donors (Lipinski definition) is 1. The molecular formula is C13H25N3O3. The zero-order valence-corrected chi connectivity index (χ0v) is 12.5. The van der Waals surface area contributed by atoms with Gasteiger partial charge < -0.3 is 19.9 Å². The van der Waals surface area contributed by atoms with E-state index in [2.05, 4.69) is 5.32 Å². The van der Waals surface area contributed by atoms with Crippen LogP contribution in [0.1, 0.15) is 20.8 Å². The van der Waals surface area contributed by atoms with E-state index in [1.165, 1.54) is 12.0 Å². The first-order valence-electron chi connectivity index (χ1n) is 6.71. The SMILES string of the molecule is COC(=O)[C@H](C(C)C)N(C)C(=O)N1CCN[C@H](C)C1. The maximum atomic E-state index is 12.4. The van der Waals surface area contributed by atoms with E-state index in [0.717, 1.165) is 6.54 Å². The van der Waals surface area contributed by atoms with Crippen molar-refractivity contribution in [2.45, 2.75) is 32.9 Å². The monoisotopic (exact) mass is 271 g/mol. The normalized spacial score (nSPS) is 21.2. The van der Waals surface area contributed by atoms with Gasteiger partial charge in [0.25, 0.3) is 0 Å². The molecule has 0 unspecified atom stereocenters. The minimum Gasteiger partial charge on any atom is -0.467 e. The molecule has 6 heteroatoms. The molecule has 1 aliphatic rings.